The molecule has 0 saturated carbocycles. The van der Waals surface area contributed by atoms with E-state index in [1.54, 1.807) is 25.1 Å². The summed E-state index contributed by atoms with van der Waals surface area (Å²) in [4.78, 5) is 15.1. The van der Waals surface area contributed by atoms with E-state index in [1.807, 2.05) is 12.1 Å². The first-order valence-electron chi connectivity index (χ1n) is 10.1. The first-order valence-corrected chi connectivity index (χ1v) is 12.4. The SMILES string of the molecule is C[C@H](C(=O)NCc1cccc(CN2CCOCC2)c1)N(c1cccc(Cl)c1)S(C)(=O)=O. The van der Waals surface area contributed by atoms with Crippen LogP contribution in [0.2, 0.25) is 5.02 Å². The number of rotatable bonds is 8. The lowest BCUT2D eigenvalue weighted by atomic mass is 10.1. The zero-order chi connectivity index (χ0) is 22.4. The van der Waals surface area contributed by atoms with Crippen molar-refractivity contribution < 1.29 is 17.9 Å². The molecule has 2 aromatic carbocycles. The van der Waals surface area contributed by atoms with Crippen molar-refractivity contribution in [1.29, 1.82) is 0 Å². The van der Waals surface area contributed by atoms with Gasteiger partial charge in [-0.15, -0.1) is 0 Å². The van der Waals surface area contributed by atoms with Crippen molar-refractivity contribution in [3.8, 4) is 0 Å². The van der Waals surface area contributed by atoms with Crippen molar-refractivity contribution in [1.82, 2.24) is 10.2 Å². The van der Waals surface area contributed by atoms with Gasteiger partial charge in [-0.25, -0.2) is 8.42 Å². The summed E-state index contributed by atoms with van der Waals surface area (Å²) in [5, 5.41) is 3.25. The number of ether oxygens (including phenoxy) is 1. The number of benzene rings is 2. The van der Waals surface area contributed by atoms with Crippen LogP contribution in [-0.4, -0.2) is 57.8 Å². The average Bonchev–Trinajstić information content (AvgIpc) is 2.72. The molecule has 168 valence electrons. The molecule has 0 unspecified atom stereocenters. The molecule has 3 rings (SSSR count). The second-order valence-corrected chi connectivity index (χ2v) is 9.94. The molecule has 0 radical (unpaired) electrons. The van der Waals surface area contributed by atoms with E-state index in [1.165, 1.54) is 11.6 Å². The van der Waals surface area contributed by atoms with Crippen LogP contribution in [0.5, 0.6) is 0 Å². The highest BCUT2D eigenvalue weighted by Gasteiger charge is 2.29. The minimum absolute atomic E-state index is 0.313. The quantitative estimate of drug-likeness (QED) is 0.648. The molecule has 0 aromatic heterocycles. The Labute approximate surface area is 189 Å². The van der Waals surface area contributed by atoms with Crippen LogP contribution in [0.25, 0.3) is 0 Å². The molecule has 1 aliphatic rings. The van der Waals surface area contributed by atoms with Gasteiger partial charge in [0.2, 0.25) is 15.9 Å². The van der Waals surface area contributed by atoms with Crippen molar-refractivity contribution in [2.45, 2.75) is 26.1 Å². The van der Waals surface area contributed by atoms with Crippen LogP contribution in [0.1, 0.15) is 18.1 Å². The maximum Gasteiger partial charge on any atom is 0.243 e. The largest absolute Gasteiger partial charge is 0.379 e. The topological polar surface area (TPSA) is 79.0 Å². The lowest BCUT2D eigenvalue weighted by molar-refractivity contribution is -0.122. The Hall–Kier alpha value is -2.13. The minimum atomic E-state index is -3.69. The van der Waals surface area contributed by atoms with Crippen LogP contribution >= 0.6 is 11.6 Å². The Kier molecular flexibility index (Phi) is 7.94. The van der Waals surface area contributed by atoms with E-state index in [9.17, 15) is 13.2 Å². The predicted molar refractivity (Wildman–Crippen MR) is 123 cm³/mol. The van der Waals surface area contributed by atoms with Crippen molar-refractivity contribution in [3.63, 3.8) is 0 Å². The van der Waals surface area contributed by atoms with Gasteiger partial charge in [-0.05, 0) is 36.2 Å². The maximum absolute atomic E-state index is 12.8. The highest BCUT2D eigenvalue weighted by Crippen LogP contribution is 2.24. The standard InChI is InChI=1S/C22H28ClN3O4S/c1-17(26(31(2,28)29)21-8-4-7-20(23)14-21)22(27)24-15-18-5-3-6-19(13-18)16-25-9-11-30-12-10-25/h3-8,13-14,17H,9-12,15-16H2,1-2H3,(H,24,27)/t17-/m1/s1. The number of nitrogens with zero attached hydrogens (tertiary/aromatic N) is 2. The molecule has 0 bridgehead atoms. The Morgan fingerprint density at radius 1 is 1.16 bits per heavy atom. The van der Waals surface area contributed by atoms with E-state index < -0.39 is 16.1 Å². The molecular weight excluding hydrogens is 438 g/mol. The highest BCUT2D eigenvalue weighted by atomic mass is 35.5. The second kappa shape index (κ2) is 10.5. The summed E-state index contributed by atoms with van der Waals surface area (Å²) in [6.45, 7) is 6.01. The van der Waals surface area contributed by atoms with E-state index >= 15 is 0 Å². The summed E-state index contributed by atoms with van der Waals surface area (Å²) in [6.07, 6.45) is 1.08. The van der Waals surface area contributed by atoms with Crippen LogP contribution in [-0.2, 0) is 32.6 Å². The maximum atomic E-state index is 12.8. The Balaban J connectivity index is 1.65. The smallest absolute Gasteiger partial charge is 0.243 e. The van der Waals surface area contributed by atoms with Crippen LogP contribution in [0.3, 0.4) is 0 Å². The third-order valence-electron chi connectivity index (χ3n) is 5.12. The van der Waals surface area contributed by atoms with Crippen molar-refractivity contribution in [2.24, 2.45) is 0 Å². The van der Waals surface area contributed by atoms with E-state index in [2.05, 4.69) is 22.3 Å². The fourth-order valence-electron chi connectivity index (χ4n) is 3.61. The number of carbonyl (C=O) groups is 1. The summed E-state index contributed by atoms with van der Waals surface area (Å²) in [5.74, 6) is -0.385. The van der Waals surface area contributed by atoms with E-state index in [4.69, 9.17) is 16.3 Å². The van der Waals surface area contributed by atoms with Crippen molar-refractivity contribution in [3.05, 3.63) is 64.7 Å². The van der Waals surface area contributed by atoms with Crippen LogP contribution < -0.4 is 9.62 Å². The van der Waals surface area contributed by atoms with Gasteiger partial charge in [0, 0.05) is 31.2 Å². The fourth-order valence-corrected chi connectivity index (χ4v) is 4.97. The lowest BCUT2D eigenvalue weighted by Crippen LogP contribution is -2.47. The number of anilines is 1. The summed E-state index contributed by atoms with van der Waals surface area (Å²) < 4.78 is 31.2. The molecule has 1 N–H and O–H groups in total. The number of amides is 1. The number of hydrogen-bond acceptors (Lipinski definition) is 5. The summed E-state index contributed by atoms with van der Waals surface area (Å²) in [5.41, 5.74) is 2.48. The van der Waals surface area contributed by atoms with Crippen molar-refractivity contribution in [2.75, 3.05) is 36.9 Å². The molecule has 1 heterocycles. The Bertz CT molecular complexity index is 1010. The van der Waals surface area contributed by atoms with E-state index in [0.29, 0.717) is 17.3 Å². The van der Waals surface area contributed by atoms with Crippen LogP contribution in [0.15, 0.2) is 48.5 Å². The molecule has 2 aromatic rings. The van der Waals surface area contributed by atoms with Gasteiger partial charge >= 0.3 is 0 Å². The highest BCUT2D eigenvalue weighted by molar-refractivity contribution is 7.92. The molecule has 1 amide bonds. The van der Waals surface area contributed by atoms with Crippen LogP contribution in [0, 0.1) is 0 Å². The lowest BCUT2D eigenvalue weighted by Gasteiger charge is -2.28. The zero-order valence-corrected chi connectivity index (χ0v) is 19.3. The number of carbonyl (C=O) groups excluding carboxylic acids is 1. The fraction of sp³-hybridized carbons (Fsp3) is 0.409. The van der Waals surface area contributed by atoms with Gasteiger partial charge < -0.3 is 10.1 Å². The molecule has 1 fully saturated rings. The summed E-state index contributed by atoms with van der Waals surface area (Å²) in [6, 6.07) is 13.6. The van der Waals surface area contributed by atoms with E-state index in [0.717, 1.165) is 49.0 Å². The molecule has 31 heavy (non-hydrogen) atoms. The average molecular weight is 466 g/mol. The molecule has 1 saturated heterocycles. The zero-order valence-electron chi connectivity index (χ0n) is 17.8. The number of sulfonamides is 1. The summed E-state index contributed by atoms with van der Waals surface area (Å²) in [7, 11) is -3.69. The molecule has 1 atom stereocenters. The van der Waals surface area contributed by atoms with Crippen molar-refractivity contribution >= 4 is 33.2 Å². The van der Waals surface area contributed by atoms with Gasteiger partial charge in [-0.2, -0.15) is 0 Å². The molecule has 1 aliphatic heterocycles. The van der Waals surface area contributed by atoms with Gasteiger partial charge in [-0.1, -0.05) is 41.9 Å². The molecule has 7 nitrogen and oxygen atoms in total. The molecule has 0 spiro atoms. The number of nitrogens with one attached hydrogen (secondary N) is 1. The number of halogens is 1. The normalized spacial score (nSPS) is 16.0. The first-order chi connectivity index (χ1) is 14.7. The first kappa shape index (κ1) is 23.5. The Morgan fingerprint density at radius 2 is 1.84 bits per heavy atom. The third-order valence-corrected chi connectivity index (χ3v) is 6.60. The van der Waals surface area contributed by atoms with Gasteiger partial charge in [0.1, 0.15) is 6.04 Å². The minimum Gasteiger partial charge on any atom is -0.379 e. The molecule has 0 aliphatic carbocycles. The number of hydrogen-bond donors (Lipinski definition) is 1. The van der Waals surface area contributed by atoms with Gasteiger partial charge in [0.15, 0.2) is 0 Å². The van der Waals surface area contributed by atoms with Crippen LogP contribution in [0.4, 0.5) is 5.69 Å². The predicted octanol–water partition coefficient (Wildman–Crippen LogP) is 2.64. The summed E-state index contributed by atoms with van der Waals surface area (Å²) >= 11 is 6.02. The Morgan fingerprint density at radius 3 is 2.52 bits per heavy atom. The van der Waals surface area contributed by atoms with Gasteiger partial charge in [0.25, 0.3) is 0 Å². The third kappa shape index (κ3) is 6.67. The monoisotopic (exact) mass is 465 g/mol. The second-order valence-electron chi connectivity index (χ2n) is 7.64. The van der Waals surface area contributed by atoms with E-state index in [-0.39, 0.29) is 5.91 Å². The number of morpholine rings is 1. The molecular formula is C22H28ClN3O4S. The van der Waals surface area contributed by atoms with Gasteiger partial charge in [-0.3, -0.25) is 14.0 Å². The molecule has 9 heteroatoms. The van der Waals surface area contributed by atoms with Gasteiger partial charge in [0.05, 0.1) is 25.2 Å².